The molecule has 94 valence electrons. The molecular formula is C10H9Cl2N5O. The zero-order chi connectivity index (χ0) is 13.3. The summed E-state index contributed by atoms with van der Waals surface area (Å²) in [4.78, 5) is 11.6. The summed E-state index contributed by atoms with van der Waals surface area (Å²) in [7, 11) is 1.53. The molecule has 18 heavy (non-hydrogen) atoms. The van der Waals surface area contributed by atoms with Gasteiger partial charge in [-0.15, -0.1) is 10.2 Å². The normalized spacial score (nSPS) is 11.3. The van der Waals surface area contributed by atoms with Crippen LogP contribution in [0.3, 0.4) is 0 Å². The van der Waals surface area contributed by atoms with Crippen LogP contribution in [0.1, 0.15) is 0 Å². The molecule has 0 unspecified atom stereocenters. The molecule has 0 aliphatic rings. The van der Waals surface area contributed by atoms with Crippen LogP contribution in [0.5, 0.6) is 0 Å². The average molecular weight is 286 g/mol. The Bertz CT molecular complexity index is 653. The van der Waals surface area contributed by atoms with Crippen molar-refractivity contribution >= 4 is 40.4 Å². The molecular weight excluding hydrogens is 277 g/mol. The molecule has 0 spiro atoms. The smallest absolute Gasteiger partial charge is 0.296 e. The summed E-state index contributed by atoms with van der Waals surface area (Å²) >= 11 is 11.8. The summed E-state index contributed by atoms with van der Waals surface area (Å²) in [5.74, 6) is 0.134. The van der Waals surface area contributed by atoms with Crippen molar-refractivity contribution in [3.8, 4) is 0 Å². The first-order valence-electron chi connectivity index (χ1n) is 4.91. The van der Waals surface area contributed by atoms with Gasteiger partial charge in [-0.2, -0.15) is 0 Å². The third-order valence-electron chi connectivity index (χ3n) is 2.24. The summed E-state index contributed by atoms with van der Waals surface area (Å²) in [5, 5.41) is 10.9. The number of nitrogens with zero attached hydrogens (tertiary/aromatic N) is 3. The molecule has 1 heterocycles. The van der Waals surface area contributed by atoms with Gasteiger partial charge in [0.1, 0.15) is 11.5 Å². The van der Waals surface area contributed by atoms with Crippen LogP contribution in [0.2, 0.25) is 10.0 Å². The van der Waals surface area contributed by atoms with Gasteiger partial charge in [0, 0.05) is 7.05 Å². The number of H-pyrrole nitrogens is 1. The third-order valence-corrected chi connectivity index (χ3v) is 2.85. The highest BCUT2D eigenvalue weighted by Gasteiger charge is 2.10. The van der Waals surface area contributed by atoms with Gasteiger partial charge in [-0.3, -0.25) is 14.6 Å². The second-order valence-electron chi connectivity index (χ2n) is 3.51. The van der Waals surface area contributed by atoms with Crippen LogP contribution in [0.15, 0.2) is 33.2 Å². The van der Waals surface area contributed by atoms with Crippen LogP contribution in [-0.2, 0) is 7.05 Å². The van der Waals surface area contributed by atoms with Crippen LogP contribution >= 0.6 is 23.2 Å². The minimum atomic E-state index is -0.376. The lowest BCUT2D eigenvalue weighted by molar-refractivity contribution is 0.743. The number of nitrogens with two attached hydrogens (primary N) is 1. The number of benzene rings is 1. The molecule has 0 atom stereocenters. The van der Waals surface area contributed by atoms with E-state index in [0.29, 0.717) is 15.7 Å². The largest absolute Gasteiger partial charge is 0.382 e. The summed E-state index contributed by atoms with van der Waals surface area (Å²) in [6.45, 7) is 0. The van der Waals surface area contributed by atoms with E-state index in [1.165, 1.54) is 11.7 Å². The molecule has 0 radical (unpaired) electrons. The van der Waals surface area contributed by atoms with Crippen molar-refractivity contribution in [2.24, 2.45) is 17.3 Å². The summed E-state index contributed by atoms with van der Waals surface area (Å²) in [6, 6.07) is 4.94. The molecule has 0 saturated carbocycles. The van der Waals surface area contributed by atoms with E-state index in [1.54, 1.807) is 18.2 Å². The predicted molar refractivity (Wildman–Crippen MR) is 71.1 cm³/mol. The molecule has 3 N–H and O–H groups in total. The molecule has 8 heteroatoms. The van der Waals surface area contributed by atoms with E-state index in [2.05, 4.69) is 15.3 Å². The Labute approximate surface area is 112 Å². The van der Waals surface area contributed by atoms with E-state index in [9.17, 15) is 4.79 Å². The summed E-state index contributed by atoms with van der Waals surface area (Å²) in [5.41, 5.74) is 5.53. The van der Waals surface area contributed by atoms with Gasteiger partial charge >= 0.3 is 0 Å². The Morgan fingerprint density at radius 3 is 2.28 bits per heavy atom. The zero-order valence-electron chi connectivity index (χ0n) is 9.32. The first kappa shape index (κ1) is 12.7. The van der Waals surface area contributed by atoms with Crippen molar-refractivity contribution in [1.29, 1.82) is 0 Å². The number of hydrogen-bond acceptors (Lipinski definition) is 4. The number of aryl methyl sites for hydroxylation is 1. The maximum atomic E-state index is 11.6. The van der Waals surface area contributed by atoms with Crippen LogP contribution in [0.25, 0.3) is 0 Å². The van der Waals surface area contributed by atoms with Crippen LogP contribution < -0.4 is 11.3 Å². The van der Waals surface area contributed by atoms with Gasteiger partial charge in [-0.1, -0.05) is 29.3 Å². The molecule has 1 aromatic heterocycles. The van der Waals surface area contributed by atoms with Crippen LogP contribution in [-0.4, -0.2) is 9.78 Å². The minimum Gasteiger partial charge on any atom is -0.382 e. The zero-order valence-corrected chi connectivity index (χ0v) is 10.8. The van der Waals surface area contributed by atoms with E-state index in [0.717, 1.165) is 0 Å². The van der Waals surface area contributed by atoms with Gasteiger partial charge in [-0.05, 0) is 12.1 Å². The van der Waals surface area contributed by atoms with E-state index in [4.69, 9.17) is 28.9 Å². The van der Waals surface area contributed by atoms with Gasteiger partial charge in [0.05, 0.1) is 10.0 Å². The number of nitrogens with one attached hydrogen (secondary N) is 1. The first-order chi connectivity index (χ1) is 8.50. The number of aromatic nitrogens is 2. The second kappa shape index (κ2) is 4.83. The second-order valence-corrected chi connectivity index (χ2v) is 4.32. The molecule has 2 aromatic rings. The van der Waals surface area contributed by atoms with Crippen molar-refractivity contribution in [2.45, 2.75) is 0 Å². The van der Waals surface area contributed by atoms with E-state index < -0.39 is 0 Å². The number of rotatable bonds is 2. The number of anilines is 1. The van der Waals surface area contributed by atoms with Crippen molar-refractivity contribution in [1.82, 2.24) is 9.78 Å². The van der Waals surface area contributed by atoms with Crippen molar-refractivity contribution < 1.29 is 0 Å². The fourth-order valence-electron chi connectivity index (χ4n) is 1.34. The third kappa shape index (κ3) is 2.25. The molecule has 0 saturated heterocycles. The summed E-state index contributed by atoms with van der Waals surface area (Å²) < 4.78 is 1.21. The quantitative estimate of drug-likeness (QED) is 0.831. The molecule has 0 bridgehead atoms. The lowest BCUT2D eigenvalue weighted by Gasteiger charge is -1.98. The number of nitrogen functional groups attached to an aromatic ring is 1. The Morgan fingerprint density at radius 2 is 1.78 bits per heavy atom. The van der Waals surface area contributed by atoms with E-state index in [-0.39, 0.29) is 17.1 Å². The average Bonchev–Trinajstić information content (AvgIpc) is 2.54. The lowest BCUT2D eigenvalue weighted by atomic mass is 10.3. The van der Waals surface area contributed by atoms with Gasteiger partial charge in [0.15, 0.2) is 5.69 Å². The standard InChI is InChI=1S/C10H9Cl2N5O/c1-17-10(18)8(9(13)16-17)15-14-7-5(11)3-2-4-6(7)12/h2-4,16H,13H2,1H3. The molecule has 0 aliphatic heterocycles. The first-order valence-corrected chi connectivity index (χ1v) is 5.66. The van der Waals surface area contributed by atoms with Crippen LogP contribution in [0.4, 0.5) is 17.2 Å². The lowest BCUT2D eigenvalue weighted by Crippen LogP contribution is -2.10. The molecule has 1 aromatic carbocycles. The van der Waals surface area contributed by atoms with Crippen molar-refractivity contribution in [3.05, 3.63) is 38.6 Å². The molecule has 0 amide bonds. The maximum Gasteiger partial charge on any atom is 0.296 e. The fourth-order valence-corrected chi connectivity index (χ4v) is 1.81. The monoisotopic (exact) mass is 285 g/mol. The van der Waals surface area contributed by atoms with Gasteiger partial charge in [0.2, 0.25) is 0 Å². The Kier molecular flexibility index (Phi) is 3.40. The number of hydrogen-bond donors (Lipinski definition) is 2. The van der Waals surface area contributed by atoms with Gasteiger partial charge < -0.3 is 5.73 Å². The van der Waals surface area contributed by atoms with Crippen molar-refractivity contribution in [2.75, 3.05) is 5.73 Å². The minimum absolute atomic E-state index is 0.0217. The number of azo groups is 1. The Hall–Kier alpha value is -1.79. The van der Waals surface area contributed by atoms with Gasteiger partial charge in [0.25, 0.3) is 5.56 Å². The fraction of sp³-hybridized carbons (Fsp3) is 0.100. The molecule has 0 fully saturated rings. The Balaban J connectivity index is 2.46. The van der Waals surface area contributed by atoms with Crippen LogP contribution in [0, 0.1) is 0 Å². The van der Waals surface area contributed by atoms with E-state index >= 15 is 0 Å². The predicted octanol–water partition coefficient (Wildman–Crippen LogP) is 3.02. The highest BCUT2D eigenvalue weighted by atomic mass is 35.5. The highest BCUT2D eigenvalue weighted by molar-refractivity contribution is 6.38. The number of halogens is 2. The molecule has 0 aliphatic carbocycles. The van der Waals surface area contributed by atoms with E-state index in [1.807, 2.05) is 0 Å². The topological polar surface area (TPSA) is 88.5 Å². The molecule has 2 rings (SSSR count). The Morgan fingerprint density at radius 1 is 1.22 bits per heavy atom. The SMILES string of the molecule is Cn1[nH]c(N)c(N=Nc2c(Cl)cccc2Cl)c1=O. The van der Waals surface area contributed by atoms with Crippen molar-refractivity contribution in [3.63, 3.8) is 0 Å². The molecule has 6 nitrogen and oxygen atoms in total. The van der Waals surface area contributed by atoms with Gasteiger partial charge in [-0.25, -0.2) is 0 Å². The summed E-state index contributed by atoms with van der Waals surface area (Å²) in [6.07, 6.45) is 0. The maximum absolute atomic E-state index is 11.6. The highest BCUT2D eigenvalue weighted by Crippen LogP contribution is 2.33. The number of aromatic amines is 1.